The van der Waals surface area contributed by atoms with Crippen molar-refractivity contribution in [1.29, 1.82) is 0 Å². The van der Waals surface area contributed by atoms with E-state index in [2.05, 4.69) is 10.3 Å². The van der Waals surface area contributed by atoms with Crippen molar-refractivity contribution < 1.29 is 39.1 Å². The number of carbonyl (C=O) groups excluding carboxylic acids is 1. The van der Waals surface area contributed by atoms with E-state index in [9.17, 15) is 19.8 Å². The van der Waals surface area contributed by atoms with Crippen LogP contribution in [0, 0.1) is 17.7 Å². The lowest BCUT2D eigenvalue weighted by Gasteiger charge is -2.40. The van der Waals surface area contributed by atoms with E-state index in [4.69, 9.17) is 15.0 Å². The Bertz CT molecular complexity index is 1010. The maximum absolute atomic E-state index is 15.0. The highest BCUT2D eigenvalue weighted by Gasteiger charge is 2.47. The zero-order valence-corrected chi connectivity index (χ0v) is 19.5. The second-order valence-corrected chi connectivity index (χ2v) is 8.71. The van der Waals surface area contributed by atoms with E-state index >= 15 is 4.39 Å². The SMILES string of the molecule is [2H]CC([2H])C(NC(=O)c1ccc(N2CC(OC)C2)c(OC[C@H]2C[C@@H]2CO)n1)(C(=O)O)C([2H])(C[2H])C(F)CC. The van der Waals surface area contributed by atoms with E-state index in [1.165, 1.54) is 13.0 Å². The molecule has 9 nitrogen and oxygen atoms in total. The largest absolute Gasteiger partial charge is 0.479 e. The van der Waals surface area contributed by atoms with E-state index in [-0.39, 0.29) is 49.1 Å². The molecule has 10 heteroatoms. The number of aromatic nitrogens is 1. The van der Waals surface area contributed by atoms with Gasteiger partial charge in [0, 0.05) is 38.2 Å². The third-order valence-electron chi connectivity index (χ3n) is 6.53. The number of anilines is 1. The van der Waals surface area contributed by atoms with Gasteiger partial charge in [-0.3, -0.25) is 4.79 Å². The number of halogens is 1. The molecule has 2 heterocycles. The number of carboxylic acids is 1. The molecular weight excluding hydrogens is 445 g/mol. The number of rotatable bonds is 13. The monoisotopic (exact) mass is 485 g/mol. The van der Waals surface area contributed by atoms with Gasteiger partial charge in [-0.25, -0.2) is 14.2 Å². The summed E-state index contributed by atoms with van der Waals surface area (Å²) in [6, 6.07) is 2.91. The number of aliphatic hydroxyl groups excluding tert-OH is 1. The van der Waals surface area contributed by atoms with Crippen molar-refractivity contribution in [3.63, 3.8) is 0 Å². The van der Waals surface area contributed by atoms with Gasteiger partial charge in [0.15, 0.2) is 0 Å². The van der Waals surface area contributed by atoms with Crippen LogP contribution in [-0.2, 0) is 9.53 Å². The van der Waals surface area contributed by atoms with Crippen molar-refractivity contribution in [2.45, 2.75) is 57.8 Å². The van der Waals surface area contributed by atoms with Crippen molar-refractivity contribution in [2.75, 3.05) is 38.3 Å². The van der Waals surface area contributed by atoms with Crippen LogP contribution in [0.1, 0.15) is 55.9 Å². The molecule has 1 saturated carbocycles. The zero-order valence-electron chi connectivity index (χ0n) is 23.5. The normalized spacial score (nSPS) is 26.9. The lowest BCUT2D eigenvalue weighted by atomic mass is 9.79. The minimum Gasteiger partial charge on any atom is -0.479 e. The first-order valence-electron chi connectivity index (χ1n) is 13.7. The number of carbonyl (C=O) groups is 2. The highest BCUT2D eigenvalue weighted by atomic mass is 19.1. The molecule has 2 fully saturated rings. The summed E-state index contributed by atoms with van der Waals surface area (Å²) < 4.78 is 58.5. The summed E-state index contributed by atoms with van der Waals surface area (Å²) >= 11 is 0. The average molecular weight is 486 g/mol. The molecule has 34 heavy (non-hydrogen) atoms. The van der Waals surface area contributed by atoms with Gasteiger partial charge in [0.1, 0.15) is 23.1 Å². The molecule has 0 bridgehead atoms. The fourth-order valence-corrected chi connectivity index (χ4v) is 3.89. The van der Waals surface area contributed by atoms with Crippen LogP contribution in [0.15, 0.2) is 12.1 Å². The number of pyridine rings is 1. The Hall–Kier alpha value is -2.46. The third-order valence-corrected chi connectivity index (χ3v) is 6.53. The van der Waals surface area contributed by atoms with Gasteiger partial charge in [-0.1, -0.05) is 20.7 Å². The van der Waals surface area contributed by atoms with E-state index in [1.54, 1.807) is 13.2 Å². The molecule has 1 saturated heterocycles. The molecule has 0 aromatic carbocycles. The highest BCUT2D eigenvalue weighted by Crippen LogP contribution is 2.39. The van der Waals surface area contributed by atoms with Gasteiger partial charge in [0.2, 0.25) is 5.88 Å². The first-order chi connectivity index (χ1) is 18.0. The summed E-state index contributed by atoms with van der Waals surface area (Å²) in [5.74, 6) is -5.35. The predicted octanol–water partition coefficient (Wildman–Crippen LogP) is 2.27. The van der Waals surface area contributed by atoms with Crippen LogP contribution in [0.2, 0.25) is 0 Å². The summed E-state index contributed by atoms with van der Waals surface area (Å²) in [5, 5.41) is 21.6. The first kappa shape index (κ1) is 20.9. The summed E-state index contributed by atoms with van der Waals surface area (Å²) in [6.45, 7) is 0.870. The van der Waals surface area contributed by atoms with Gasteiger partial charge < -0.3 is 29.9 Å². The van der Waals surface area contributed by atoms with Gasteiger partial charge >= 0.3 is 5.97 Å². The molecule has 1 aliphatic carbocycles. The van der Waals surface area contributed by atoms with E-state index in [0.717, 1.165) is 6.42 Å². The molecule has 3 N–H and O–H groups in total. The lowest BCUT2D eigenvalue weighted by Crippen LogP contribution is -2.60. The third kappa shape index (κ3) is 5.27. The highest BCUT2D eigenvalue weighted by molar-refractivity contribution is 5.97. The molecule has 1 amide bonds. The smallest absolute Gasteiger partial charge is 0.329 e. The Morgan fingerprint density at radius 3 is 2.79 bits per heavy atom. The van der Waals surface area contributed by atoms with Crippen LogP contribution in [0.25, 0.3) is 0 Å². The molecule has 1 aliphatic heterocycles. The van der Waals surface area contributed by atoms with E-state index in [1.807, 2.05) is 4.90 Å². The summed E-state index contributed by atoms with van der Waals surface area (Å²) in [4.78, 5) is 32.1. The number of alkyl halides is 1. The Morgan fingerprint density at radius 2 is 2.24 bits per heavy atom. The maximum atomic E-state index is 15.0. The Balaban J connectivity index is 1.96. The number of hydrogen-bond donors (Lipinski definition) is 3. The van der Waals surface area contributed by atoms with Crippen LogP contribution in [0.3, 0.4) is 0 Å². The Kier molecular flexibility index (Phi) is 6.67. The number of aliphatic carboxylic acids is 1. The number of ether oxygens (including phenoxy) is 2. The van der Waals surface area contributed by atoms with Gasteiger partial charge in [-0.15, -0.1) is 0 Å². The van der Waals surface area contributed by atoms with Crippen LogP contribution < -0.4 is 15.0 Å². The summed E-state index contributed by atoms with van der Waals surface area (Å²) in [5.41, 5.74) is -2.60. The number of methoxy groups -OCH3 is 1. The molecule has 190 valence electrons. The molecule has 0 radical (unpaired) electrons. The predicted molar refractivity (Wildman–Crippen MR) is 124 cm³/mol. The molecule has 1 aromatic rings. The minimum atomic E-state index is -2.89. The van der Waals surface area contributed by atoms with Gasteiger partial charge in [0.25, 0.3) is 5.91 Å². The fraction of sp³-hybridized carbons (Fsp3) is 0.708. The minimum absolute atomic E-state index is 0.0188. The molecule has 0 spiro atoms. The molecule has 4 unspecified atom stereocenters. The van der Waals surface area contributed by atoms with Crippen LogP contribution in [0.4, 0.5) is 10.1 Å². The van der Waals surface area contributed by atoms with Crippen molar-refractivity contribution in [3.8, 4) is 5.88 Å². The maximum Gasteiger partial charge on any atom is 0.329 e. The second-order valence-electron chi connectivity index (χ2n) is 8.71. The van der Waals surface area contributed by atoms with Crippen LogP contribution in [-0.4, -0.2) is 78.3 Å². The molecule has 2 aliphatic rings. The van der Waals surface area contributed by atoms with Crippen molar-refractivity contribution in [2.24, 2.45) is 17.7 Å². The number of aliphatic hydroxyl groups is 1. The number of nitrogens with zero attached hydrogens (tertiary/aromatic N) is 2. The summed E-state index contributed by atoms with van der Waals surface area (Å²) in [6.07, 6.45) is -3.62. The van der Waals surface area contributed by atoms with Gasteiger partial charge in [0.05, 0.1) is 12.7 Å². The fourth-order valence-electron chi connectivity index (χ4n) is 3.89. The van der Waals surface area contributed by atoms with Crippen LogP contribution >= 0.6 is 0 Å². The lowest BCUT2D eigenvalue weighted by molar-refractivity contribution is -0.148. The molecular formula is C24H36FN3O6. The number of carboxylic acid groups (broad SMARTS) is 1. The first-order valence-corrected chi connectivity index (χ1v) is 11.3. The molecule has 6 atom stereocenters. The summed E-state index contributed by atoms with van der Waals surface area (Å²) in [7, 11) is 1.60. The van der Waals surface area contributed by atoms with E-state index in [0.29, 0.717) is 18.8 Å². The second kappa shape index (κ2) is 10.9. The molecule has 3 rings (SSSR count). The number of amides is 1. The average Bonchev–Trinajstić information content (AvgIpc) is 3.67. The quantitative estimate of drug-likeness (QED) is 0.389. The zero-order chi connectivity index (χ0) is 28.3. The van der Waals surface area contributed by atoms with Crippen molar-refractivity contribution >= 4 is 17.6 Å². The topological polar surface area (TPSA) is 121 Å². The van der Waals surface area contributed by atoms with Gasteiger partial charge in [-0.05, 0) is 43.2 Å². The van der Waals surface area contributed by atoms with Gasteiger partial charge in [-0.2, -0.15) is 0 Å². The van der Waals surface area contributed by atoms with E-state index < -0.39 is 49.7 Å². The molecule has 1 aromatic heterocycles. The van der Waals surface area contributed by atoms with Crippen molar-refractivity contribution in [1.82, 2.24) is 10.3 Å². The Morgan fingerprint density at radius 1 is 1.47 bits per heavy atom. The van der Waals surface area contributed by atoms with Crippen LogP contribution in [0.5, 0.6) is 5.88 Å². The number of hydrogen-bond acceptors (Lipinski definition) is 7. The number of nitrogens with one attached hydrogen (secondary N) is 1. The standard InChI is InChI=1S/C24H36FN3O6/c1-5-18(25)14(3)24(6-2,23(31)32)27-21(30)19-7-8-20(28-10-17(11-28)33-4)22(26-19)34-13-16-9-15(16)12-29/h7-8,14-18,29H,5-6,9-13H2,1-4H3,(H,27,30)(H,31,32)/t14?,15-,16-,18?,24?/m1/s1/i2D,3D,6D,14D/t6?,14?,15-,16-,18?,24?. The Labute approximate surface area is 205 Å². The van der Waals surface area contributed by atoms with Crippen molar-refractivity contribution in [3.05, 3.63) is 17.8 Å².